The SMILES string of the molecule is CCCC[C@H](CN(O)C=O)NC(=O)C1CN(CC)c2cc3c(cc2C1=O)OCO3. The van der Waals surface area contributed by atoms with Crippen LogP contribution in [0, 0.1) is 5.92 Å². The highest BCUT2D eigenvalue weighted by atomic mass is 16.7. The van der Waals surface area contributed by atoms with Gasteiger partial charge in [0.2, 0.25) is 19.1 Å². The molecule has 3 rings (SSSR count). The Morgan fingerprint density at radius 2 is 2.10 bits per heavy atom. The molecule has 0 radical (unpaired) electrons. The number of Topliss-reactive ketones (excluding diaryl/α,β-unsaturated/α-hetero) is 1. The van der Waals surface area contributed by atoms with Gasteiger partial charge < -0.3 is 19.7 Å². The fourth-order valence-corrected chi connectivity index (χ4v) is 3.71. The van der Waals surface area contributed by atoms with Gasteiger partial charge in [0, 0.05) is 30.8 Å². The van der Waals surface area contributed by atoms with Gasteiger partial charge in [-0.3, -0.25) is 19.6 Å². The van der Waals surface area contributed by atoms with Crippen molar-refractivity contribution < 1.29 is 29.1 Å². The number of carbonyl (C=O) groups is 3. The summed E-state index contributed by atoms with van der Waals surface area (Å²) in [5.74, 6) is -0.468. The lowest BCUT2D eigenvalue weighted by Gasteiger charge is -2.34. The van der Waals surface area contributed by atoms with E-state index < -0.39 is 17.9 Å². The number of ether oxygens (including phenoxy) is 2. The monoisotopic (exact) mass is 405 g/mol. The third-order valence-corrected chi connectivity index (χ3v) is 5.30. The Labute approximate surface area is 169 Å². The predicted octanol–water partition coefficient (Wildman–Crippen LogP) is 1.58. The Hall–Kier alpha value is -2.81. The molecular weight excluding hydrogens is 378 g/mol. The highest BCUT2D eigenvalue weighted by molar-refractivity contribution is 6.15. The van der Waals surface area contributed by atoms with Gasteiger partial charge in [-0.2, -0.15) is 0 Å². The molecule has 2 heterocycles. The van der Waals surface area contributed by atoms with Crippen molar-refractivity contribution in [3.8, 4) is 11.5 Å². The molecule has 0 aromatic heterocycles. The average Bonchev–Trinajstić information content (AvgIpc) is 3.18. The maximum absolute atomic E-state index is 13.1. The minimum Gasteiger partial charge on any atom is -0.454 e. The van der Waals surface area contributed by atoms with Crippen LogP contribution in [0.2, 0.25) is 0 Å². The first-order valence-corrected chi connectivity index (χ1v) is 9.92. The highest BCUT2D eigenvalue weighted by Crippen LogP contribution is 2.41. The van der Waals surface area contributed by atoms with Gasteiger partial charge in [0.25, 0.3) is 0 Å². The molecule has 0 fully saturated rings. The zero-order valence-electron chi connectivity index (χ0n) is 16.7. The van der Waals surface area contributed by atoms with Crippen LogP contribution in [0.4, 0.5) is 5.69 Å². The van der Waals surface area contributed by atoms with Gasteiger partial charge in [0.05, 0.1) is 12.2 Å². The average molecular weight is 405 g/mol. The van der Waals surface area contributed by atoms with Crippen molar-refractivity contribution in [2.45, 2.75) is 39.2 Å². The van der Waals surface area contributed by atoms with Crippen molar-refractivity contribution in [1.82, 2.24) is 10.4 Å². The number of hydrogen-bond acceptors (Lipinski definition) is 7. The third-order valence-electron chi connectivity index (χ3n) is 5.30. The normalized spacial score (nSPS) is 18.2. The number of carbonyl (C=O) groups excluding carboxylic acids is 3. The Morgan fingerprint density at radius 3 is 2.76 bits per heavy atom. The molecule has 2 aliphatic heterocycles. The third kappa shape index (κ3) is 4.45. The van der Waals surface area contributed by atoms with E-state index in [4.69, 9.17) is 9.47 Å². The first-order chi connectivity index (χ1) is 14.0. The number of benzene rings is 1. The highest BCUT2D eigenvalue weighted by Gasteiger charge is 2.38. The minimum absolute atomic E-state index is 0.0249. The van der Waals surface area contributed by atoms with Crippen LogP contribution in [-0.2, 0) is 9.59 Å². The van der Waals surface area contributed by atoms with Gasteiger partial charge in [0.1, 0.15) is 5.92 Å². The molecule has 2 aliphatic rings. The smallest absolute Gasteiger partial charge is 0.233 e. The van der Waals surface area contributed by atoms with Gasteiger partial charge in [-0.05, 0) is 19.4 Å². The van der Waals surface area contributed by atoms with Crippen molar-refractivity contribution in [3.63, 3.8) is 0 Å². The van der Waals surface area contributed by atoms with Crippen LogP contribution in [-0.4, -0.2) is 60.8 Å². The summed E-state index contributed by atoms with van der Waals surface area (Å²) in [6, 6.07) is 2.99. The fourth-order valence-electron chi connectivity index (χ4n) is 3.71. The van der Waals surface area contributed by atoms with E-state index in [1.54, 1.807) is 12.1 Å². The van der Waals surface area contributed by atoms with E-state index in [2.05, 4.69) is 5.32 Å². The lowest BCUT2D eigenvalue weighted by Crippen LogP contribution is -2.51. The van der Waals surface area contributed by atoms with Crippen molar-refractivity contribution in [2.75, 3.05) is 31.3 Å². The van der Waals surface area contributed by atoms with E-state index in [1.165, 1.54) is 0 Å². The number of hydrogen-bond donors (Lipinski definition) is 2. The molecule has 2 N–H and O–H groups in total. The molecule has 2 amide bonds. The van der Waals surface area contributed by atoms with Crippen molar-refractivity contribution in [1.29, 1.82) is 0 Å². The Balaban J connectivity index is 1.80. The van der Waals surface area contributed by atoms with Crippen molar-refractivity contribution in [2.24, 2.45) is 5.92 Å². The summed E-state index contributed by atoms with van der Waals surface area (Å²) < 4.78 is 10.8. The summed E-state index contributed by atoms with van der Waals surface area (Å²) in [7, 11) is 0. The maximum atomic E-state index is 13.1. The van der Waals surface area contributed by atoms with E-state index in [0.29, 0.717) is 41.5 Å². The Morgan fingerprint density at radius 1 is 1.38 bits per heavy atom. The van der Waals surface area contributed by atoms with Gasteiger partial charge >= 0.3 is 0 Å². The molecule has 1 aromatic carbocycles. The summed E-state index contributed by atoms with van der Waals surface area (Å²) in [4.78, 5) is 38.8. The number of rotatable bonds is 9. The number of fused-ring (bicyclic) bond motifs is 2. The van der Waals surface area contributed by atoms with Crippen LogP contribution in [0.15, 0.2) is 12.1 Å². The number of ketones is 1. The molecule has 9 nitrogen and oxygen atoms in total. The zero-order chi connectivity index (χ0) is 21.0. The number of nitrogens with one attached hydrogen (secondary N) is 1. The summed E-state index contributed by atoms with van der Waals surface area (Å²) in [5.41, 5.74) is 1.17. The largest absolute Gasteiger partial charge is 0.454 e. The quantitative estimate of drug-likeness (QED) is 0.278. The second-order valence-electron chi connectivity index (χ2n) is 7.25. The second-order valence-corrected chi connectivity index (χ2v) is 7.25. The van der Waals surface area contributed by atoms with Crippen LogP contribution in [0.5, 0.6) is 11.5 Å². The minimum atomic E-state index is -0.879. The number of nitrogens with zero attached hydrogens (tertiary/aromatic N) is 2. The summed E-state index contributed by atoms with van der Waals surface area (Å²) in [5, 5.41) is 12.9. The molecule has 0 bridgehead atoms. The van der Waals surface area contributed by atoms with Gasteiger partial charge in [-0.25, -0.2) is 5.06 Å². The van der Waals surface area contributed by atoms with Gasteiger partial charge in [-0.15, -0.1) is 0 Å². The molecule has 1 unspecified atom stereocenters. The standard InChI is InChI=1S/C20H27N3O6/c1-3-5-6-13(9-23(27)11-24)21-20(26)15-10-22(4-2)16-8-18-17(28-12-29-18)7-14(16)19(15)25/h7-8,11,13,15,27H,3-6,9-10,12H2,1-2H3,(H,21,26)/t13-,15?/m1/s1. The first kappa shape index (κ1) is 20.9. The molecule has 0 aliphatic carbocycles. The molecule has 1 aromatic rings. The first-order valence-electron chi connectivity index (χ1n) is 9.92. The van der Waals surface area contributed by atoms with Crippen molar-refractivity contribution in [3.05, 3.63) is 17.7 Å². The van der Waals surface area contributed by atoms with Crippen LogP contribution in [0.25, 0.3) is 0 Å². The lowest BCUT2D eigenvalue weighted by atomic mass is 9.89. The van der Waals surface area contributed by atoms with Crippen LogP contribution < -0.4 is 19.7 Å². The lowest BCUT2D eigenvalue weighted by molar-refractivity contribution is -0.152. The van der Waals surface area contributed by atoms with Crippen molar-refractivity contribution >= 4 is 23.8 Å². The molecule has 0 saturated carbocycles. The van der Waals surface area contributed by atoms with E-state index in [-0.39, 0.29) is 25.7 Å². The van der Waals surface area contributed by atoms with E-state index >= 15 is 0 Å². The Kier molecular flexibility index (Phi) is 6.58. The van der Waals surface area contributed by atoms with Gasteiger partial charge in [-0.1, -0.05) is 19.8 Å². The Bertz CT molecular complexity index is 784. The zero-order valence-corrected chi connectivity index (χ0v) is 16.7. The molecule has 29 heavy (non-hydrogen) atoms. The fraction of sp³-hybridized carbons (Fsp3) is 0.550. The molecule has 158 valence electrons. The number of hydroxylamine groups is 2. The molecule has 9 heteroatoms. The van der Waals surface area contributed by atoms with Crippen LogP contribution >= 0.6 is 0 Å². The van der Waals surface area contributed by atoms with Crippen LogP contribution in [0.1, 0.15) is 43.5 Å². The molecule has 2 atom stereocenters. The molecular formula is C20H27N3O6. The van der Waals surface area contributed by atoms with E-state index in [9.17, 15) is 19.6 Å². The molecule has 0 saturated heterocycles. The topological polar surface area (TPSA) is 108 Å². The maximum Gasteiger partial charge on any atom is 0.233 e. The number of amides is 2. The predicted molar refractivity (Wildman–Crippen MR) is 104 cm³/mol. The summed E-state index contributed by atoms with van der Waals surface area (Å²) in [6.07, 6.45) is 2.63. The summed E-state index contributed by atoms with van der Waals surface area (Å²) in [6.45, 7) is 4.93. The second kappa shape index (κ2) is 9.13. The van der Waals surface area contributed by atoms with Gasteiger partial charge in [0.15, 0.2) is 17.3 Å². The number of anilines is 1. The van der Waals surface area contributed by atoms with E-state index in [0.717, 1.165) is 18.5 Å². The van der Waals surface area contributed by atoms with Crippen LogP contribution in [0.3, 0.4) is 0 Å². The summed E-state index contributed by atoms with van der Waals surface area (Å²) >= 11 is 0. The van der Waals surface area contributed by atoms with E-state index in [1.807, 2.05) is 18.7 Å². The molecule has 0 spiro atoms. The number of unbranched alkanes of at least 4 members (excludes halogenated alkanes) is 1.